The van der Waals surface area contributed by atoms with Crippen molar-refractivity contribution in [1.29, 1.82) is 0 Å². The van der Waals surface area contributed by atoms with Crippen LogP contribution in [0.5, 0.6) is 0 Å². The smallest absolute Gasteiger partial charge is 0.357 e. The van der Waals surface area contributed by atoms with E-state index in [2.05, 4.69) is 9.72 Å². The number of benzene rings is 1. The zero-order valence-corrected chi connectivity index (χ0v) is 15.4. The minimum Gasteiger partial charge on any atom is -0.464 e. The molecule has 0 aliphatic heterocycles. The van der Waals surface area contributed by atoms with Crippen molar-refractivity contribution in [3.63, 3.8) is 0 Å². The van der Waals surface area contributed by atoms with Crippen molar-refractivity contribution in [2.45, 2.75) is 6.92 Å². The van der Waals surface area contributed by atoms with Gasteiger partial charge in [-0.3, -0.25) is 9.36 Å². The molecule has 2 heterocycles. The Labute approximate surface area is 158 Å². The topological polar surface area (TPSA) is 96.4 Å². The molecule has 0 aliphatic carbocycles. The quantitative estimate of drug-likeness (QED) is 0.689. The maximum atomic E-state index is 15.3. The fraction of sp³-hybridized carbons (Fsp3) is 0.211. The van der Waals surface area contributed by atoms with Gasteiger partial charge in [0.15, 0.2) is 17.3 Å². The summed E-state index contributed by atoms with van der Waals surface area (Å²) in [7, 11) is 2.48. The molecular formula is C19H17F2N3O4. The Morgan fingerprint density at radius 3 is 2.54 bits per heavy atom. The second-order valence-electron chi connectivity index (χ2n) is 6.03. The molecule has 1 aromatic carbocycles. The van der Waals surface area contributed by atoms with E-state index >= 15 is 4.39 Å². The average molecular weight is 389 g/mol. The van der Waals surface area contributed by atoms with Gasteiger partial charge in [0.05, 0.1) is 18.3 Å². The van der Waals surface area contributed by atoms with E-state index < -0.39 is 29.2 Å². The number of hydrogen-bond acceptors (Lipinski definition) is 6. The molecule has 0 fully saturated rings. The molecule has 0 aliphatic rings. The summed E-state index contributed by atoms with van der Waals surface area (Å²) >= 11 is 0. The number of anilines is 1. The number of nitrogen functional groups attached to an aromatic ring is 1. The first kappa shape index (κ1) is 19.4. The van der Waals surface area contributed by atoms with Gasteiger partial charge in [-0.1, -0.05) is 6.07 Å². The molecule has 28 heavy (non-hydrogen) atoms. The molecule has 0 saturated carbocycles. The Hall–Kier alpha value is -3.33. The minimum atomic E-state index is -0.968. The standard InChI is InChI=1S/C19H17F2N3O4/c1-9-15(22)14(21)17(23-16(9)19(26)28-3)11-5-4-10-6-7-24(12(25)8-27-2)18(10)13(11)20/h4-7H,8H2,1-3H3,(H2,22,23). The summed E-state index contributed by atoms with van der Waals surface area (Å²) in [5.74, 6) is -3.17. The molecule has 0 amide bonds. The number of pyridine rings is 1. The molecule has 2 N–H and O–H groups in total. The number of methoxy groups -OCH3 is 2. The lowest BCUT2D eigenvalue weighted by Crippen LogP contribution is -2.16. The number of aromatic nitrogens is 2. The van der Waals surface area contributed by atoms with Gasteiger partial charge in [-0.2, -0.15) is 0 Å². The highest BCUT2D eigenvalue weighted by Gasteiger charge is 2.25. The molecule has 146 valence electrons. The Morgan fingerprint density at radius 2 is 1.89 bits per heavy atom. The zero-order valence-electron chi connectivity index (χ0n) is 15.4. The first-order chi connectivity index (χ1) is 13.3. The van der Waals surface area contributed by atoms with Crippen molar-refractivity contribution in [1.82, 2.24) is 9.55 Å². The van der Waals surface area contributed by atoms with Gasteiger partial charge >= 0.3 is 5.97 Å². The lowest BCUT2D eigenvalue weighted by Gasteiger charge is -2.13. The van der Waals surface area contributed by atoms with Crippen LogP contribution in [0.2, 0.25) is 0 Å². The van der Waals surface area contributed by atoms with Crippen molar-refractivity contribution >= 4 is 28.5 Å². The molecule has 0 unspecified atom stereocenters. The van der Waals surface area contributed by atoms with E-state index in [4.69, 9.17) is 10.5 Å². The Balaban J connectivity index is 2.29. The number of ether oxygens (including phenoxy) is 2. The van der Waals surface area contributed by atoms with Gasteiger partial charge in [0.25, 0.3) is 5.91 Å². The molecule has 3 rings (SSSR count). The summed E-state index contributed by atoms with van der Waals surface area (Å²) in [6, 6.07) is 4.37. The third-order valence-corrected chi connectivity index (χ3v) is 4.39. The molecular weight excluding hydrogens is 372 g/mol. The van der Waals surface area contributed by atoms with Crippen LogP contribution in [-0.4, -0.2) is 42.3 Å². The van der Waals surface area contributed by atoms with Crippen LogP contribution in [0.3, 0.4) is 0 Å². The Morgan fingerprint density at radius 1 is 1.18 bits per heavy atom. The zero-order chi connectivity index (χ0) is 20.6. The predicted octanol–water partition coefficient (Wildman–Crippen LogP) is 2.95. The largest absolute Gasteiger partial charge is 0.464 e. The van der Waals surface area contributed by atoms with Crippen LogP contribution in [0, 0.1) is 18.6 Å². The number of rotatable bonds is 4. The fourth-order valence-electron chi connectivity index (χ4n) is 2.91. The molecule has 9 heteroatoms. The summed E-state index contributed by atoms with van der Waals surface area (Å²) in [6.07, 6.45) is 1.39. The van der Waals surface area contributed by atoms with Gasteiger partial charge in [-0.25, -0.2) is 18.6 Å². The maximum absolute atomic E-state index is 15.3. The van der Waals surface area contributed by atoms with Crippen molar-refractivity contribution in [3.8, 4) is 11.3 Å². The van der Waals surface area contributed by atoms with Gasteiger partial charge < -0.3 is 15.2 Å². The van der Waals surface area contributed by atoms with E-state index in [1.54, 1.807) is 6.07 Å². The van der Waals surface area contributed by atoms with E-state index in [0.29, 0.717) is 5.39 Å². The van der Waals surface area contributed by atoms with Gasteiger partial charge in [0.1, 0.15) is 12.3 Å². The first-order valence-electron chi connectivity index (χ1n) is 8.17. The van der Waals surface area contributed by atoms with Crippen LogP contribution in [0.4, 0.5) is 14.5 Å². The maximum Gasteiger partial charge on any atom is 0.357 e. The van der Waals surface area contributed by atoms with Gasteiger partial charge in [-0.05, 0) is 19.1 Å². The van der Waals surface area contributed by atoms with E-state index in [-0.39, 0.29) is 34.6 Å². The number of nitrogens with zero attached hydrogens (tertiary/aromatic N) is 2. The number of carbonyl (C=O) groups excluding carboxylic acids is 2. The van der Waals surface area contributed by atoms with Crippen molar-refractivity contribution in [2.75, 3.05) is 26.6 Å². The van der Waals surface area contributed by atoms with E-state index in [1.165, 1.54) is 32.4 Å². The molecule has 0 radical (unpaired) electrons. The first-order valence-corrected chi connectivity index (χ1v) is 8.17. The Bertz CT molecular complexity index is 1110. The number of halogens is 2. The minimum absolute atomic E-state index is 0.0560. The number of nitrogens with two attached hydrogens (primary N) is 1. The van der Waals surface area contributed by atoms with Crippen molar-refractivity contribution < 1.29 is 27.8 Å². The van der Waals surface area contributed by atoms with Gasteiger partial charge in [-0.15, -0.1) is 0 Å². The third kappa shape index (κ3) is 2.99. The van der Waals surface area contributed by atoms with E-state index in [0.717, 1.165) is 11.7 Å². The SMILES string of the molecule is COCC(=O)n1ccc2ccc(-c3nc(C(=O)OC)c(C)c(N)c3F)c(F)c21. The van der Waals surface area contributed by atoms with Gasteiger partial charge in [0, 0.05) is 29.8 Å². The summed E-state index contributed by atoms with van der Waals surface area (Å²) < 4.78 is 40.6. The summed E-state index contributed by atoms with van der Waals surface area (Å²) in [5.41, 5.74) is 4.54. The van der Waals surface area contributed by atoms with Crippen LogP contribution in [-0.2, 0) is 9.47 Å². The number of esters is 1. The summed E-state index contributed by atoms with van der Waals surface area (Å²) in [4.78, 5) is 28.0. The highest BCUT2D eigenvalue weighted by atomic mass is 19.1. The molecule has 0 atom stereocenters. The number of carbonyl (C=O) groups is 2. The van der Waals surface area contributed by atoms with Crippen LogP contribution >= 0.6 is 0 Å². The van der Waals surface area contributed by atoms with Gasteiger partial charge in [0.2, 0.25) is 0 Å². The van der Waals surface area contributed by atoms with Crippen LogP contribution < -0.4 is 5.73 Å². The number of hydrogen-bond donors (Lipinski definition) is 1. The van der Waals surface area contributed by atoms with Crippen LogP contribution in [0.15, 0.2) is 24.4 Å². The number of fused-ring (bicyclic) bond motifs is 1. The lowest BCUT2D eigenvalue weighted by atomic mass is 10.0. The lowest BCUT2D eigenvalue weighted by molar-refractivity contribution is 0.0593. The molecule has 7 nitrogen and oxygen atoms in total. The van der Waals surface area contributed by atoms with Crippen molar-refractivity contribution in [3.05, 3.63) is 47.3 Å². The normalized spacial score (nSPS) is 11.0. The highest BCUT2D eigenvalue weighted by Crippen LogP contribution is 2.33. The second kappa shape index (κ2) is 7.35. The second-order valence-corrected chi connectivity index (χ2v) is 6.03. The molecule has 0 saturated heterocycles. The highest BCUT2D eigenvalue weighted by molar-refractivity contribution is 5.96. The summed E-state index contributed by atoms with van der Waals surface area (Å²) in [5, 5.41) is 0.430. The van der Waals surface area contributed by atoms with Crippen LogP contribution in [0.1, 0.15) is 20.8 Å². The van der Waals surface area contributed by atoms with E-state index in [1.807, 2.05) is 0 Å². The third-order valence-electron chi connectivity index (χ3n) is 4.39. The molecule has 2 aromatic heterocycles. The fourth-order valence-corrected chi connectivity index (χ4v) is 2.91. The molecule has 0 bridgehead atoms. The summed E-state index contributed by atoms with van der Waals surface area (Å²) in [6.45, 7) is 1.15. The van der Waals surface area contributed by atoms with Crippen molar-refractivity contribution in [2.24, 2.45) is 0 Å². The van der Waals surface area contributed by atoms with Crippen LogP contribution in [0.25, 0.3) is 22.2 Å². The monoisotopic (exact) mass is 389 g/mol. The molecule has 0 spiro atoms. The average Bonchev–Trinajstić information content (AvgIpc) is 3.12. The van der Waals surface area contributed by atoms with E-state index in [9.17, 15) is 14.0 Å². The Kier molecular flexibility index (Phi) is 5.10. The predicted molar refractivity (Wildman–Crippen MR) is 98.1 cm³/mol. The molecule has 3 aromatic rings.